The lowest BCUT2D eigenvalue weighted by molar-refractivity contribution is 0.153. The van der Waals surface area contributed by atoms with E-state index in [1.54, 1.807) is 22.5 Å². The van der Waals surface area contributed by atoms with Crippen molar-refractivity contribution in [2.24, 2.45) is 5.41 Å². The second kappa shape index (κ2) is 6.54. The van der Waals surface area contributed by atoms with Crippen LogP contribution in [-0.2, 0) is 10.0 Å². The lowest BCUT2D eigenvalue weighted by atomic mass is 9.80. The van der Waals surface area contributed by atoms with E-state index in [2.05, 4.69) is 11.9 Å². The van der Waals surface area contributed by atoms with Crippen molar-refractivity contribution < 1.29 is 17.9 Å². The molecule has 3 rings (SSSR count). The van der Waals surface area contributed by atoms with Crippen LogP contribution >= 0.6 is 0 Å². The lowest BCUT2D eigenvalue weighted by Crippen LogP contribution is -2.47. The number of sulfonamides is 1. The van der Waals surface area contributed by atoms with Gasteiger partial charge in [-0.3, -0.25) is 0 Å². The zero-order valence-electron chi connectivity index (χ0n) is 14.6. The monoisotopic (exact) mass is 354 g/mol. The van der Waals surface area contributed by atoms with E-state index >= 15 is 0 Å². The number of methoxy groups -OCH3 is 2. The molecule has 0 amide bonds. The first-order valence-corrected chi connectivity index (χ1v) is 9.75. The van der Waals surface area contributed by atoms with E-state index in [1.807, 2.05) is 0 Å². The third-order valence-corrected chi connectivity index (χ3v) is 7.11. The molecule has 1 spiro atoms. The van der Waals surface area contributed by atoms with Gasteiger partial charge in [-0.1, -0.05) is 0 Å². The van der Waals surface area contributed by atoms with Crippen LogP contribution in [0.4, 0.5) is 0 Å². The summed E-state index contributed by atoms with van der Waals surface area (Å²) in [6.45, 7) is 3.15. The first kappa shape index (κ1) is 17.5. The second-order valence-electron chi connectivity index (χ2n) is 6.95. The number of ether oxygens (including phenoxy) is 2. The highest BCUT2D eigenvalue weighted by atomic mass is 32.2. The van der Waals surface area contributed by atoms with Gasteiger partial charge in [0.25, 0.3) is 0 Å². The molecule has 0 saturated carbocycles. The molecule has 2 heterocycles. The minimum absolute atomic E-state index is 0.0895. The van der Waals surface area contributed by atoms with Crippen LogP contribution in [-0.4, -0.2) is 65.1 Å². The Bertz CT molecular complexity index is 703. The molecule has 134 valence electrons. The Balaban J connectivity index is 1.93. The van der Waals surface area contributed by atoms with Crippen LogP contribution in [0.25, 0.3) is 0 Å². The first-order valence-electron chi connectivity index (χ1n) is 8.31. The van der Waals surface area contributed by atoms with Crippen LogP contribution in [0.15, 0.2) is 23.1 Å². The molecule has 1 aromatic rings. The van der Waals surface area contributed by atoms with Crippen LogP contribution in [0.2, 0.25) is 0 Å². The molecule has 2 saturated heterocycles. The fourth-order valence-corrected chi connectivity index (χ4v) is 5.75. The largest absolute Gasteiger partial charge is 0.497 e. The summed E-state index contributed by atoms with van der Waals surface area (Å²) in [5, 5.41) is 0. The summed E-state index contributed by atoms with van der Waals surface area (Å²) < 4.78 is 38.6. The molecule has 2 fully saturated rings. The van der Waals surface area contributed by atoms with Gasteiger partial charge in [0, 0.05) is 25.7 Å². The van der Waals surface area contributed by atoms with Gasteiger partial charge in [-0.2, -0.15) is 4.31 Å². The van der Waals surface area contributed by atoms with Crippen molar-refractivity contribution in [3.63, 3.8) is 0 Å². The fraction of sp³-hybridized carbons (Fsp3) is 0.647. The van der Waals surface area contributed by atoms with Crippen molar-refractivity contribution in [1.82, 2.24) is 9.21 Å². The van der Waals surface area contributed by atoms with Gasteiger partial charge in [0.05, 0.1) is 14.2 Å². The summed E-state index contributed by atoms with van der Waals surface area (Å²) in [6.07, 6.45) is 3.06. The van der Waals surface area contributed by atoms with Crippen LogP contribution < -0.4 is 9.47 Å². The summed E-state index contributed by atoms with van der Waals surface area (Å²) in [5.74, 6) is 0.876. The summed E-state index contributed by atoms with van der Waals surface area (Å²) in [5.41, 5.74) is 0.0895. The molecule has 0 radical (unpaired) electrons. The topological polar surface area (TPSA) is 59.1 Å². The van der Waals surface area contributed by atoms with Gasteiger partial charge in [-0.05, 0) is 50.4 Å². The predicted octanol–water partition coefficient (Wildman–Crippen LogP) is 1.81. The molecular formula is C17H26N2O4S. The molecular weight excluding hydrogens is 328 g/mol. The third kappa shape index (κ3) is 3.12. The maximum Gasteiger partial charge on any atom is 0.246 e. The second-order valence-corrected chi connectivity index (χ2v) is 8.85. The summed E-state index contributed by atoms with van der Waals surface area (Å²) in [4.78, 5) is 2.48. The third-order valence-electron chi connectivity index (χ3n) is 5.24. The van der Waals surface area contributed by atoms with Gasteiger partial charge in [-0.15, -0.1) is 0 Å². The maximum absolute atomic E-state index is 13.2. The van der Waals surface area contributed by atoms with Crippen LogP contribution in [0.5, 0.6) is 11.5 Å². The average molecular weight is 354 g/mol. The normalized spacial score (nSPS) is 26.0. The number of rotatable bonds is 4. The highest BCUT2D eigenvalue weighted by Gasteiger charge is 2.44. The zero-order chi connectivity index (χ0) is 17.4. The highest BCUT2D eigenvalue weighted by molar-refractivity contribution is 7.89. The smallest absolute Gasteiger partial charge is 0.246 e. The van der Waals surface area contributed by atoms with Gasteiger partial charge in [0.1, 0.15) is 16.4 Å². The quantitative estimate of drug-likeness (QED) is 0.825. The van der Waals surface area contributed by atoms with E-state index in [4.69, 9.17) is 9.47 Å². The molecule has 1 atom stereocenters. The van der Waals surface area contributed by atoms with Gasteiger partial charge in [0.2, 0.25) is 10.0 Å². The Morgan fingerprint density at radius 1 is 1.08 bits per heavy atom. The van der Waals surface area contributed by atoms with E-state index in [0.717, 1.165) is 32.4 Å². The summed E-state index contributed by atoms with van der Waals surface area (Å²) in [7, 11) is 1.52. The van der Waals surface area contributed by atoms with Crippen molar-refractivity contribution >= 4 is 10.0 Å². The van der Waals surface area contributed by atoms with E-state index in [9.17, 15) is 8.42 Å². The Morgan fingerprint density at radius 2 is 1.88 bits per heavy atom. The van der Waals surface area contributed by atoms with Gasteiger partial charge in [-0.25, -0.2) is 8.42 Å². The number of nitrogens with zero attached hydrogens (tertiary/aromatic N) is 2. The van der Waals surface area contributed by atoms with Crippen LogP contribution in [0.1, 0.15) is 19.3 Å². The van der Waals surface area contributed by atoms with Gasteiger partial charge < -0.3 is 14.4 Å². The standard InChI is InChI=1S/C17H26N2O4S/c1-18-10-8-17(12-18)7-4-9-19(13-17)24(20,21)16-11-14(22-2)5-6-15(16)23-3/h5-6,11H,4,7-10,12-13H2,1-3H3/t17-/m1/s1. The van der Waals surface area contributed by atoms with Gasteiger partial charge >= 0.3 is 0 Å². The van der Waals surface area contributed by atoms with Crippen molar-refractivity contribution in [3.8, 4) is 11.5 Å². The molecule has 2 aliphatic heterocycles. The Morgan fingerprint density at radius 3 is 2.50 bits per heavy atom. The number of piperidine rings is 1. The SMILES string of the molecule is COc1ccc(OC)c(S(=O)(=O)N2CCC[C@]3(CCN(C)C3)C2)c1. The van der Waals surface area contributed by atoms with Crippen molar-refractivity contribution in [1.29, 1.82) is 0 Å². The summed E-state index contributed by atoms with van der Waals surface area (Å²) >= 11 is 0. The molecule has 7 heteroatoms. The molecule has 0 bridgehead atoms. The first-order chi connectivity index (χ1) is 11.4. The minimum Gasteiger partial charge on any atom is -0.497 e. The zero-order valence-corrected chi connectivity index (χ0v) is 15.4. The molecule has 1 aromatic carbocycles. The average Bonchev–Trinajstić information content (AvgIpc) is 2.94. The lowest BCUT2D eigenvalue weighted by Gasteiger charge is -2.39. The molecule has 0 unspecified atom stereocenters. The number of benzene rings is 1. The van der Waals surface area contributed by atoms with E-state index in [0.29, 0.717) is 24.6 Å². The number of hydrogen-bond donors (Lipinski definition) is 0. The Kier molecular flexibility index (Phi) is 4.77. The highest BCUT2D eigenvalue weighted by Crippen LogP contribution is 2.41. The van der Waals surface area contributed by atoms with E-state index in [-0.39, 0.29) is 10.3 Å². The van der Waals surface area contributed by atoms with Crippen molar-refractivity contribution in [2.75, 3.05) is 47.4 Å². The molecule has 6 nitrogen and oxygen atoms in total. The van der Waals surface area contributed by atoms with Gasteiger partial charge in [0.15, 0.2) is 0 Å². The van der Waals surface area contributed by atoms with Crippen LogP contribution in [0.3, 0.4) is 0 Å². The molecule has 0 aliphatic carbocycles. The number of hydrogen-bond acceptors (Lipinski definition) is 5. The summed E-state index contributed by atoms with van der Waals surface area (Å²) in [6, 6.07) is 4.91. The predicted molar refractivity (Wildman–Crippen MR) is 92.1 cm³/mol. The van der Waals surface area contributed by atoms with E-state index < -0.39 is 10.0 Å². The minimum atomic E-state index is -3.61. The van der Waals surface area contributed by atoms with Crippen molar-refractivity contribution in [2.45, 2.75) is 24.2 Å². The Hall–Kier alpha value is -1.31. The number of likely N-dealkylation sites (tertiary alicyclic amines) is 1. The Labute approximate surface area is 144 Å². The molecule has 0 N–H and O–H groups in total. The van der Waals surface area contributed by atoms with E-state index in [1.165, 1.54) is 14.2 Å². The van der Waals surface area contributed by atoms with Crippen LogP contribution in [0, 0.1) is 5.41 Å². The molecule has 24 heavy (non-hydrogen) atoms. The van der Waals surface area contributed by atoms with Crippen molar-refractivity contribution in [3.05, 3.63) is 18.2 Å². The molecule has 0 aromatic heterocycles. The molecule has 2 aliphatic rings. The maximum atomic E-state index is 13.2. The fourth-order valence-electron chi connectivity index (χ4n) is 3.98.